The Hall–Kier alpha value is -1.41. The molecule has 0 aliphatic carbocycles. The smallest absolute Gasteiger partial charge is 0.307 e. The predicted molar refractivity (Wildman–Crippen MR) is 63.8 cm³/mol. The lowest BCUT2D eigenvalue weighted by molar-refractivity contribution is -0.148. The maximum Gasteiger partial charge on any atom is 0.307 e. The minimum Gasteiger partial charge on any atom is -0.481 e. The van der Waals surface area contributed by atoms with Crippen LogP contribution in [0.25, 0.3) is 0 Å². The number of hydrogen-bond acceptors (Lipinski definition) is 5. The third-order valence-corrected chi connectivity index (χ3v) is 2.64. The molecular formula is C10H17NO6S. The Morgan fingerprint density at radius 1 is 1.44 bits per heavy atom. The molecule has 0 saturated carbocycles. The Morgan fingerprint density at radius 3 is 2.39 bits per heavy atom. The molecule has 2 atom stereocenters. The average molecular weight is 279 g/mol. The van der Waals surface area contributed by atoms with Crippen molar-refractivity contribution < 1.29 is 27.4 Å². The van der Waals surface area contributed by atoms with Crippen LogP contribution >= 0.6 is 0 Å². The number of amides is 1. The summed E-state index contributed by atoms with van der Waals surface area (Å²) in [6, 6.07) is 0. The Balaban J connectivity index is 4.61. The van der Waals surface area contributed by atoms with Gasteiger partial charge < -0.3 is 5.11 Å². The van der Waals surface area contributed by atoms with Crippen LogP contribution in [-0.4, -0.2) is 31.7 Å². The van der Waals surface area contributed by atoms with Crippen LogP contribution in [0.15, 0.2) is 12.2 Å². The van der Waals surface area contributed by atoms with Crippen molar-refractivity contribution in [1.29, 1.82) is 0 Å². The largest absolute Gasteiger partial charge is 0.481 e. The van der Waals surface area contributed by atoms with Crippen molar-refractivity contribution in [3.05, 3.63) is 12.2 Å². The predicted octanol–water partition coefficient (Wildman–Crippen LogP) is 0.297. The first-order valence-corrected chi connectivity index (χ1v) is 7.03. The van der Waals surface area contributed by atoms with E-state index in [4.69, 9.17) is 5.11 Å². The molecule has 2 unspecified atom stereocenters. The lowest BCUT2D eigenvalue weighted by Crippen LogP contribution is -2.37. The molecule has 0 heterocycles. The van der Waals surface area contributed by atoms with Crippen molar-refractivity contribution in [2.24, 2.45) is 11.8 Å². The lowest BCUT2D eigenvalue weighted by atomic mass is 9.90. The van der Waals surface area contributed by atoms with Crippen molar-refractivity contribution in [1.82, 2.24) is 5.48 Å². The normalized spacial score (nSPS) is 15.3. The summed E-state index contributed by atoms with van der Waals surface area (Å²) >= 11 is 0. The van der Waals surface area contributed by atoms with E-state index in [1.54, 1.807) is 24.6 Å². The topological polar surface area (TPSA) is 110 Å². The molecule has 0 aliphatic rings. The van der Waals surface area contributed by atoms with E-state index in [-0.39, 0.29) is 6.42 Å². The average Bonchev–Trinajstić information content (AvgIpc) is 2.24. The van der Waals surface area contributed by atoms with Gasteiger partial charge in [-0.25, -0.2) is 5.48 Å². The minimum absolute atomic E-state index is 0.180. The summed E-state index contributed by atoms with van der Waals surface area (Å²) in [7, 11) is -3.81. The summed E-state index contributed by atoms with van der Waals surface area (Å²) in [6.45, 7) is 3.12. The maximum absolute atomic E-state index is 11.5. The van der Waals surface area contributed by atoms with Gasteiger partial charge in [0.2, 0.25) is 5.91 Å². The van der Waals surface area contributed by atoms with Crippen molar-refractivity contribution in [2.45, 2.75) is 20.3 Å². The van der Waals surface area contributed by atoms with Crippen LogP contribution < -0.4 is 5.48 Å². The Morgan fingerprint density at radius 2 is 2.00 bits per heavy atom. The molecule has 0 rings (SSSR count). The molecule has 1 amide bonds. The highest BCUT2D eigenvalue weighted by Gasteiger charge is 2.29. The number of rotatable bonds is 7. The molecule has 2 N–H and O–H groups in total. The summed E-state index contributed by atoms with van der Waals surface area (Å²) < 4.78 is 25.4. The first kappa shape index (κ1) is 16.6. The molecule has 18 heavy (non-hydrogen) atoms. The molecule has 0 aromatic heterocycles. The van der Waals surface area contributed by atoms with E-state index in [0.29, 0.717) is 0 Å². The van der Waals surface area contributed by atoms with Crippen molar-refractivity contribution >= 4 is 22.0 Å². The van der Waals surface area contributed by atoms with Gasteiger partial charge in [0.25, 0.3) is 10.1 Å². The molecule has 0 aromatic carbocycles. The molecule has 0 saturated heterocycles. The van der Waals surface area contributed by atoms with Crippen LogP contribution in [0.1, 0.15) is 20.3 Å². The number of carboxylic acids is 1. The van der Waals surface area contributed by atoms with E-state index in [0.717, 1.165) is 6.26 Å². The highest BCUT2D eigenvalue weighted by Crippen LogP contribution is 2.17. The lowest BCUT2D eigenvalue weighted by Gasteiger charge is -2.17. The zero-order valence-corrected chi connectivity index (χ0v) is 11.2. The Bertz CT molecular complexity index is 428. The zero-order valence-electron chi connectivity index (χ0n) is 10.4. The molecule has 8 heteroatoms. The van der Waals surface area contributed by atoms with Crippen LogP contribution in [0.3, 0.4) is 0 Å². The number of carbonyl (C=O) groups is 2. The quantitative estimate of drug-likeness (QED) is 0.512. The first-order valence-electron chi connectivity index (χ1n) is 5.21. The van der Waals surface area contributed by atoms with Crippen LogP contribution in [0.5, 0.6) is 0 Å². The zero-order chi connectivity index (χ0) is 14.3. The van der Waals surface area contributed by atoms with Gasteiger partial charge in [0.1, 0.15) is 0 Å². The number of hydroxylamine groups is 1. The number of carbonyl (C=O) groups excluding carboxylic acids is 1. The highest BCUT2D eigenvalue weighted by molar-refractivity contribution is 7.85. The van der Waals surface area contributed by atoms with Gasteiger partial charge in [0, 0.05) is 0 Å². The number of allylic oxidation sites excluding steroid dienone is 2. The Labute approximate surface area is 106 Å². The van der Waals surface area contributed by atoms with E-state index in [9.17, 15) is 18.0 Å². The SMILES string of the molecule is CC=CCC(C(=O)O)C(C)C(=O)NOS(C)(=O)=O. The summed E-state index contributed by atoms with van der Waals surface area (Å²) in [5, 5.41) is 8.97. The fourth-order valence-electron chi connectivity index (χ4n) is 1.19. The molecule has 0 fully saturated rings. The molecule has 7 nitrogen and oxygen atoms in total. The van der Waals surface area contributed by atoms with Gasteiger partial charge in [0.05, 0.1) is 18.1 Å². The fraction of sp³-hybridized carbons (Fsp3) is 0.600. The second kappa shape index (κ2) is 7.12. The van der Waals surface area contributed by atoms with Gasteiger partial charge in [-0.05, 0) is 13.3 Å². The standard InChI is InChI=1S/C10H17NO6S/c1-4-5-6-8(10(13)14)7(2)9(12)11-17-18(3,15)16/h4-5,7-8H,6H2,1-3H3,(H,11,12)(H,13,14). The number of nitrogens with one attached hydrogen (secondary N) is 1. The second-order valence-electron chi connectivity index (χ2n) is 3.79. The fourth-order valence-corrected chi connectivity index (χ4v) is 1.43. The molecule has 0 bridgehead atoms. The third-order valence-electron chi connectivity index (χ3n) is 2.25. The van der Waals surface area contributed by atoms with E-state index in [1.807, 2.05) is 0 Å². The monoisotopic (exact) mass is 279 g/mol. The van der Waals surface area contributed by atoms with Gasteiger partial charge in [-0.1, -0.05) is 19.1 Å². The van der Waals surface area contributed by atoms with Crippen LogP contribution in [0.2, 0.25) is 0 Å². The summed E-state index contributed by atoms with van der Waals surface area (Å²) in [6.07, 6.45) is 4.25. The minimum atomic E-state index is -3.81. The van der Waals surface area contributed by atoms with Gasteiger partial charge >= 0.3 is 5.97 Å². The molecule has 0 spiro atoms. The summed E-state index contributed by atoms with van der Waals surface area (Å²) in [4.78, 5) is 22.5. The molecular weight excluding hydrogens is 262 g/mol. The van der Waals surface area contributed by atoms with Gasteiger partial charge in [-0.15, -0.1) is 4.28 Å². The summed E-state index contributed by atoms with van der Waals surface area (Å²) in [5.74, 6) is -3.78. The van der Waals surface area contributed by atoms with Gasteiger partial charge in [-0.3, -0.25) is 9.59 Å². The molecule has 0 radical (unpaired) electrons. The molecule has 0 aromatic rings. The van der Waals surface area contributed by atoms with E-state index >= 15 is 0 Å². The Kier molecular flexibility index (Phi) is 6.56. The van der Waals surface area contributed by atoms with E-state index < -0.39 is 33.8 Å². The molecule has 0 aliphatic heterocycles. The van der Waals surface area contributed by atoms with Crippen LogP contribution in [0, 0.1) is 11.8 Å². The van der Waals surface area contributed by atoms with Crippen LogP contribution in [0.4, 0.5) is 0 Å². The third kappa shape index (κ3) is 6.36. The summed E-state index contributed by atoms with van der Waals surface area (Å²) in [5.41, 5.74) is 1.72. The highest BCUT2D eigenvalue weighted by atomic mass is 32.2. The first-order chi connectivity index (χ1) is 8.19. The maximum atomic E-state index is 11.5. The van der Waals surface area contributed by atoms with Crippen molar-refractivity contribution in [3.63, 3.8) is 0 Å². The van der Waals surface area contributed by atoms with Crippen molar-refractivity contribution in [2.75, 3.05) is 6.26 Å². The van der Waals surface area contributed by atoms with Crippen molar-refractivity contribution in [3.8, 4) is 0 Å². The number of hydrogen-bond donors (Lipinski definition) is 2. The molecule has 104 valence electrons. The number of carboxylic acid groups (broad SMARTS) is 1. The van der Waals surface area contributed by atoms with Gasteiger partial charge in [0.15, 0.2) is 0 Å². The van der Waals surface area contributed by atoms with Gasteiger partial charge in [-0.2, -0.15) is 8.42 Å². The second-order valence-corrected chi connectivity index (χ2v) is 5.37. The van der Waals surface area contributed by atoms with Crippen LogP contribution in [-0.2, 0) is 24.0 Å². The number of aliphatic carboxylic acids is 1. The van der Waals surface area contributed by atoms with E-state index in [1.165, 1.54) is 6.92 Å². The van der Waals surface area contributed by atoms with E-state index in [2.05, 4.69) is 4.28 Å².